The van der Waals surface area contributed by atoms with Gasteiger partial charge in [0, 0.05) is 18.4 Å². The molecule has 0 aromatic carbocycles. The van der Waals surface area contributed by atoms with E-state index in [9.17, 15) is 8.42 Å². The third-order valence-corrected chi connectivity index (χ3v) is 3.03. The van der Waals surface area contributed by atoms with E-state index in [2.05, 4.69) is 9.97 Å². The topological polar surface area (TPSA) is 88.8 Å². The number of imidazole rings is 1. The number of aromatic nitrogens is 2. The number of nitrogens with zero attached hydrogens (tertiary/aromatic N) is 1. The molecule has 0 fully saturated rings. The van der Waals surface area contributed by atoms with Gasteiger partial charge in [-0.1, -0.05) is 0 Å². The highest BCUT2D eigenvalue weighted by Gasteiger charge is 2.18. The molecule has 1 rings (SSSR count). The van der Waals surface area contributed by atoms with Crippen LogP contribution in [-0.4, -0.2) is 30.2 Å². The van der Waals surface area contributed by atoms with Crippen LogP contribution >= 0.6 is 0 Å². The minimum Gasteiger partial charge on any atom is -0.336 e. The maximum Gasteiger partial charge on any atom is 0.225 e. The van der Waals surface area contributed by atoms with Crippen molar-refractivity contribution < 1.29 is 8.42 Å². The zero-order chi connectivity index (χ0) is 9.19. The van der Waals surface area contributed by atoms with Crippen molar-refractivity contribution in [3.8, 4) is 0 Å². The van der Waals surface area contributed by atoms with E-state index in [4.69, 9.17) is 5.73 Å². The Labute approximate surface area is 70.9 Å². The van der Waals surface area contributed by atoms with Crippen LogP contribution in [0.4, 0.5) is 0 Å². The molecular formula is C6H11N3O2S. The lowest BCUT2D eigenvalue weighted by Gasteiger charge is -2.03. The predicted octanol–water partition coefficient (Wildman–Crippen LogP) is -0.469. The predicted molar refractivity (Wildman–Crippen MR) is 44.3 cm³/mol. The molecule has 68 valence electrons. The van der Waals surface area contributed by atoms with E-state index < -0.39 is 9.84 Å². The van der Waals surface area contributed by atoms with Crippen LogP contribution in [0.25, 0.3) is 0 Å². The van der Waals surface area contributed by atoms with Gasteiger partial charge in [-0.05, 0) is 6.92 Å². The van der Waals surface area contributed by atoms with Crippen molar-refractivity contribution >= 4 is 9.84 Å². The smallest absolute Gasteiger partial charge is 0.225 e. The molecule has 1 unspecified atom stereocenters. The Morgan fingerprint density at radius 1 is 1.75 bits per heavy atom. The van der Waals surface area contributed by atoms with Gasteiger partial charge in [0.25, 0.3) is 0 Å². The third-order valence-electron chi connectivity index (χ3n) is 1.25. The lowest BCUT2D eigenvalue weighted by molar-refractivity contribution is 0.583. The van der Waals surface area contributed by atoms with Crippen LogP contribution in [0.1, 0.15) is 6.92 Å². The summed E-state index contributed by atoms with van der Waals surface area (Å²) in [6, 6.07) is -0.375. The summed E-state index contributed by atoms with van der Waals surface area (Å²) < 4.78 is 22.7. The quantitative estimate of drug-likeness (QED) is 0.672. The summed E-state index contributed by atoms with van der Waals surface area (Å²) in [7, 11) is -3.31. The van der Waals surface area contributed by atoms with Crippen molar-refractivity contribution in [1.29, 1.82) is 0 Å². The summed E-state index contributed by atoms with van der Waals surface area (Å²) in [6.07, 6.45) is 2.86. The maximum atomic E-state index is 11.3. The Morgan fingerprint density at radius 2 is 2.42 bits per heavy atom. The molecule has 0 spiro atoms. The molecule has 0 aliphatic heterocycles. The van der Waals surface area contributed by atoms with Gasteiger partial charge in [-0.3, -0.25) is 0 Å². The molecule has 0 radical (unpaired) electrons. The molecule has 5 nitrogen and oxygen atoms in total. The molecule has 0 saturated heterocycles. The molecule has 0 aliphatic rings. The van der Waals surface area contributed by atoms with Crippen molar-refractivity contribution in [3.63, 3.8) is 0 Å². The van der Waals surface area contributed by atoms with Gasteiger partial charge in [0.05, 0.1) is 5.75 Å². The monoisotopic (exact) mass is 189 g/mol. The highest BCUT2D eigenvalue weighted by molar-refractivity contribution is 7.91. The van der Waals surface area contributed by atoms with Crippen molar-refractivity contribution in [2.75, 3.05) is 5.75 Å². The molecule has 1 aromatic heterocycles. The first-order valence-corrected chi connectivity index (χ1v) is 5.15. The number of rotatable bonds is 3. The van der Waals surface area contributed by atoms with Crippen LogP contribution in [0, 0.1) is 0 Å². The standard InChI is InChI=1S/C6H11N3O2S/c1-5(7)4-12(10,11)6-8-2-3-9-6/h2-3,5H,4,7H2,1H3,(H,8,9). The van der Waals surface area contributed by atoms with Crippen LogP contribution in [0.15, 0.2) is 17.6 Å². The molecule has 12 heavy (non-hydrogen) atoms. The summed E-state index contributed by atoms with van der Waals surface area (Å²) in [4.78, 5) is 6.17. The molecule has 0 saturated carbocycles. The largest absolute Gasteiger partial charge is 0.336 e. The van der Waals surface area contributed by atoms with Crippen molar-refractivity contribution in [3.05, 3.63) is 12.4 Å². The molecule has 0 bridgehead atoms. The van der Waals surface area contributed by atoms with Gasteiger partial charge in [0.1, 0.15) is 0 Å². The third kappa shape index (κ3) is 2.05. The Bertz CT molecular complexity index is 328. The highest BCUT2D eigenvalue weighted by atomic mass is 32.2. The van der Waals surface area contributed by atoms with Crippen molar-refractivity contribution in [2.24, 2.45) is 5.73 Å². The first kappa shape index (κ1) is 9.21. The SMILES string of the molecule is CC(N)CS(=O)(=O)c1ncc[nH]1. The minimum absolute atomic E-state index is 0.0141. The lowest BCUT2D eigenvalue weighted by atomic mass is 10.4. The van der Waals surface area contributed by atoms with E-state index in [0.29, 0.717) is 0 Å². The fourth-order valence-electron chi connectivity index (χ4n) is 0.846. The summed E-state index contributed by atoms with van der Waals surface area (Å²) in [5.74, 6) is -0.0828. The van der Waals surface area contributed by atoms with E-state index in [-0.39, 0.29) is 17.0 Å². The fraction of sp³-hybridized carbons (Fsp3) is 0.500. The van der Waals surface area contributed by atoms with Crippen molar-refractivity contribution in [1.82, 2.24) is 9.97 Å². The number of hydrogen-bond acceptors (Lipinski definition) is 4. The Hall–Kier alpha value is -0.880. The summed E-state index contributed by atoms with van der Waals surface area (Å²) in [6.45, 7) is 1.64. The summed E-state index contributed by atoms with van der Waals surface area (Å²) >= 11 is 0. The maximum absolute atomic E-state index is 11.3. The second kappa shape index (κ2) is 3.24. The van der Waals surface area contributed by atoms with Gasteiger partial charge < -0.3 is 10.7 Å². The Balaban J connectivity index is 2.88. The first-order valence-electron chi connectivity index (χ1n) is 3.50. The second-order valence-corrected chi connectivity index (χ2v) is 4.60. The second-order valence-electron chi connectivity index (χ2n) is 2.65. The van der Waals surface area contributed by atoms with Crippen LogP contribution in [0.5, 0.6) is 0 Å². The van der Waals surface area contributed by atoms with E-state index in [1.807, 2.05) is 0 Å². The average molecular weight is 189 g/mol. The highest BCUT2D eigenvalue weighted by Crippen LogP contribution is 2.03. The average Bonchev–Trinajstić information content (AvgIpc) is 2.32. The minimum atomic E-state index is -3.31. The zero-order valence-corrected chi connectivity index (χ0v) is 7.50. The molecule has 1 aromatic rings. The van der Waals surface area contributed by atoms with Gasteiger partial charge in [0.15, 0.2) is 0 Å². The number of sulfone groups is 1. The molecule has 1 atom stereocenters. The molecule has 0 aliphatic carbocycles. The van der Waals surface area contributed by atoms with Gasteiger partial charge in [-0.15, -0.1) is 0 Å². The fourth-order valence-corrected chi connectivity index (χ4v) is 2.17. The van der Waals surface area contributed by atoms with E-state index in [1.54, 1.807) is 6.92 Å². The van der Waals surface area contributed by atoms with Gasteiger partial charge in [-0.25, -0.2) is 13.4 Å². The zero-order valence-electron chi connectivity index (χ0n) is 6.69. The number of aromatic amines is 1. The normalized spacial score (nSPS) is 14.5. The van der Waals surface area contributed by atoms with E-state index in [1.165, 1.54) is 12.4 Å². The summed E-state index contributed by atoms with van der Waals surface area (Å²) in [5, 5.41) is -0.0141. The molecule has 3 N–H and O–H groups in total. The Kier molecular flexibility index (Phi) is 2.49. The van der Waals surface area contributed by atoms with Crippen molar-refractivity contribution in [2.45, 2.75) is 18.1 Å². The lowest BCUT2D eigenvalue weighted by Crippen LogP contribution is -2.26. The number of nitrogens with two attached hydrogens (primary N) is 1. The van der Waals surface area contributed by atoms with E-state index in [0.717, 1.165) is 0 Å². The number of hydrogen-bond donors (Lipinski definition) is 2. The van der Waals surface area contributed by atoms with Crippen LogP contribution in [0.3, 0.4) is 0 Å². The van der Waals surface area contributed by atoms with E-state index >= 15 is 0 Å². The van der Waals surface area contributed by atoms with Crippen LogP contribution in [-0.2, 0) is 9.84 Å². The number of nitrogens with one attached hydrogen (secondary N) is 1. The molecular weight excluding hydrogens is 178 g/mol. The summed E-state index contributed by atoms with van der Waals surface area (Å²) in [5.41, 5.74) is 5.36. The van der Waals surface area contributed by atoms with Gasteiger partial charge in [-0.2, -0.15) is 0 Å². The molecule has 1 heterocycles. The molecule has 0 amide bonds. The number of H-pyrrole nitrogens is 1. The Morgan fingerprint density at radius 3 is 2.83 bits per heavy atom. The van der Waals surface area contributed by atoms with Crippen LogP contribution < -0.4 is 5.73 Å². The molecule has 6 heteroatoms. The van der Waals surface area contributed by atoms with Crippen LogP contribution in [0.2, 0.25) is 0 Å². The van der Waals surface area contributed by atoms with Gasteiger partial charge >= 0.3 is 0 Å². The first-order chi connectivity index (χ1) is 5.52. The van der Waals surface area contributed by atoms with Gasteiger partial charge in [0.2, 0.25) is 15.0 Å².